The zero-order valence-electron chi connectivity index (χ0n) is 10.6. The van der Waals surface area contributed by atoms with Crippen molar-refractivity contribution in [3.05, 3.63) is 53.7 Å². The molecule has 1 aromatic heterocycles. The largest absolute Gasteiger partial charge is 0.253 e. The fourth-order valence-electron chi connectivity index (χ4n) is 1.97. The minimum Gasteiger partial charge on any atom is -0.253 e. The third kappa shape index (κ3) is 3.16. The summed E-state index contributed by atoms with van der Waals surface area (Å²) in [6.07, 6.45) is 3.66. The number of pyridine rings is 1. The Hall–Kier alpha value is -1.63. The van der Waals surface area contributed by atoms with E-state index in [1.165, 1.54) is 24.0 Å². The molecule has 0 fully saturated rings. The average molecular weight is 225 g/mol. The van der Waals surface area contributed by atoms with E-state index >= 15 is 0 Å². The first kappa shape index (κ1) is 11.8. The van der Waals surface area contributed by atoms with Crippen LogP contribution in [0.2, 0.25) is 0 Å². The molecule has 1 heteroatoms. The summed E-state index contributed by atoms with van der Waals surface area (Å²) in [5.41, 5.74) is 4.78. The highest BCUT2D eigenvalue weighted by molar-refractivity contribution is 5.60. The van der Waals surface area contributed by atoms with Crippen LogP contribution in [0.1, 0.15) is 31.0 Å². The van der Waals surface area contributed by atoms with Gasteiger partial charge in [-0.15, -0.1) is 0 Å². The Bertz CT molecular complexity index is 488. The van der Waals surface area contributed by atoms with E-state index in [2.05, 4.69) is 48.3 Å². The number of benzene rings is 1. The highest BCUT2D eigenvalue weighted by atomic mass is 14.7. The van der Waals surface area contributed by atoms with E-state index in [-0.39, 0.29) is 0 Å². The van der Waals surface area contributed by atoms with E-state index in [4.69, 9.17) is 0 Å². The number of rotatable bonds is 4. The minimum absolute atomic E-state index is 1.07. The standard InChI is InChI=1S/C16H19N/c1-3-4-8-14-9-6-10-15(12-14)16-11-5-7-13(2)17-16/h5-7,9-12H,3-4,8H2,1-2H3. The van der Waals surface area contributed by atoms with Gasteiger partial charge >= 0.3 is 0 Å². The second-order valence-electron chi connectivity index (χ2n) is 4.47. The minimum atomic E-state index is 1.07. The second-order valence-corrected chi connectivity index (χ2v) is 4.47. The molecule has 0 spiro atoms. The van der Waals surface area contributed by atoms with Gasteiger partial charge in [-0.2, -0.15) is 0 Å². The molecule has 0 atom stereocenters. The van der Waals surface area contributed by atoms with Crippen LogP contribution in [0.5, 0.6) is 0 Å². The highest BCUT2D eigenvalue weighted by Gasteiger charge is 2.00. The zero-order chi connectivity index (χ0) is 12.1. The van der Waals surface area contributed by atoms with Gasteiger partial charge in [0.15, 0.2) is 0 Å². The quantitative estimate of drug-likeness (QED) is 0.751. The molecular formula is C16H19N. The SMILES string of the molecule is CCCCc1cccc(-c2cccc(C)n2)c1. The van der Waals surface area contributed by atoms with Gasteiger partial charge in [0.2, 0.25) is 0 Å². The number of hydrogen-bond donors (Lipinski definition) is 0. The van der Waals surface area contributed by atoms with Gasteiger partial charge in [0.1, 0.15) is 0 Å². The second kappa shape index (κ2) is 5.62. The molecule has 1 aromatic carbocycles. The van der Waals surface area contributed by atoms with Crippen molar-refractivity contribution in [3.63, 3.8) is 0 Å². The highest BCUT2D eigenvalue weighted by Crippen LogP contribution is 2.19. The molecule has 0 amide bonds. The van der Waals surface area contributed by atoms with E-state index in [0.29, 0.717) is 0 Å². The van der Waals surface area contributed by atoms with Crippen molar-refractivity contribution in [2.45, 2.75) is 33.1 Å². The van der Waals surface area contributed by atoms with E-state index < -0.39 is 0 Å². The molecule has 0 unspecified atom stereocenters. The van der Waals surface area contributed by atoms with Crippen LogP contribution in [0.4, 0.5) is 0 Å². The summed E-state index contributed by atoms with van der Waals surface area (Å²) in [6.45, 7) is 4.26. The maximum atomic E-state index is 4.56. The smallest absolute Gasteiger partial charge is 0.0705 e. The third-order valence-corrected chi connectivity index (χ3v) is 2.93. The number of aryl methyl sites for hydroxylation is 2. The lowest BCUT2D eigenvalue weighted by Gasteiger charge is -2.05. The van der Waals surface area contributed by atoms with Crippen molar-refractivity contribution in [1.29, 1.82) is 0 Å². The summed E-state index contributed by atoms with van der Waals surface area (Å²) in [5.74, 6) is 0. The van der Waals surface area contributed by atoms with E-state index in [1.807, 2.05) is 13.0 Å². The van der Waals surface area contributed by atoms with Gasteiger partial charge < -0.3 is 0 Å². The predicted molar refractivity (Wildman–Crippen MR) is 73.0 cm³/mol. The summed E-state index contributed by atoms with van der Waals surface area (Å²) >= 11 is 0. The van der Waals surface area contributed by atoms with Gasteiger partial charge in [-0.05, 0) is 43.5 Å². The molecular weight excluding hydrogens is 206 g/mol. The van der Waals surface area contributed by atoms with Crippen LogP contribution < -0.4 is 0 Å². The Kier molecular flexibility index (Phi) is 3.92. The van der Waals surface area contributed by atoms with Crippen LogP contribution in [-0.2, 0) is 6.42 Å². The van der Waals surface area contributed by atoms with Crippen LogP contribution in [0.3, 0.4) is 0 Å². The lowest BCUT2D eigenvalue weighted by Crippen LogP contribution is -1.89. The molecule has 0 aliphatic rings. The number of aromatic nitrogens is 1. The fourth-order valence-corrected chi connectivity index (χ4v) is 1.97. The Morgan fingerprint density at radius 3 is 2.65 bits per heavy atom. The molecule has 0 bridgehead atoms. The Labute approximate surface area is 104 Å². The normalized spacial score (nSPS) is 10.5. The summed E-state index contributed by atoms with van der Waals surface area (Å²) in [7, 11) is 0. The van der Waals surface area contributed by atoms with Crippen LogP contribution >= 0.6 is 0 Å². The van der Waals surface area contributed by atoms with Crippen molar-refractivity contribution in [2.75, 3.05) is 0 Å². The van der Waals surface area contributed by atoms with Gasteiger partial charge in [0.05, 0.1) is 5.69 Å². The topological polar surface area (TPSA) is 12.9 Å². The molecule has 1 heterocycles. The van der Waals surface area contributed by atoms with Gasteiger partial charge in [0, 0.05) is 11.3 Å². The van der Waals surface area contributed by atoms with Crippen LogP contribution in [0.25, 0.3) is 11.3 Å². The summed E-state index contributed by atoms with van der Waals surface area (Å²) in [6, 6.07) is 14.9. The Balaban J connectivity index is 2.26. The number of nitrogens with zero attached hydrogens (tertiary/aromatic N) is 1. The first-order valence-electron chi connectivity index (χ1n) is 6.32. The zero-order valence-corrected chi connectivity index (χ0v) is 10.6. The molecule has 88 valence electrons. The summed E-state index contributed by atoms with van der Waals surface area (Å²) in [4.78, 5) is 4.56. The van der Waals surface area contributed by atoms with Crippen molar-refractivity contribution in [1.82, 2.24) is 4.98 Å². The van der Waals surface area contributed by atoms with Crippen LogP contribution in [0, 0.1) is 6.92 Å². The van der Waals surface area contributed by atoms with Gasteiger partial charge in [-0.25, -0.2) is 0 Å². The maximum absolute atomic E-state index is 4.56. The molecule has 2 rings (SSSR count). The maximum Gasteiger partial charge on any atom is 0.0705 e. The van der Waals surface area contributed by atoms with E-state index in [0.717, 1.165) is 17.8 Å². The van der Waals surface area contributed by atoms with Gasteiger partial charge in [-0.3, -0.25) is 4.98 Å². The van der Waals surface area contributed by atoms with Crippen molar-refractivity contribution in [2.24, 2.45) is 0 Å². The summed E-state index contributed by atoms with van der Waals surface area (Å²) < 4.78 is 0. The molecule has 17 heavy (non-hydrogen) atoms. The average Bonchev–Trinajstić information content (AvgIpc) is 2.37. The fraction of sp³-hybridized carbons (Fsp3) is 0.312. The molecule has 0 aliphatic heterocycles. The Morgan fingerprint density at radius 2 is 1.88 bits per heavy atom. The third-order valence-electron chi connectivity index (χ3n) is 2.93. The lowest BCUT2D eigenvalue weighted by atomic mass is 10.0. The van der Waals surface area contributed by atoms with Crippen molar-refractivity contribution in [3.8, 4) is 11.3 Å². The number of unbranched alkanes of at least 4 members (excludes halogenated alkanes) is 1. The first-order valence-corrected chi connectivity index (χ1v) is 6.32. The van der Waals surface area contributed by atoms with Gasteiger partial charge in [0.25, 0.3) is 0 Å². The van der Waals surface area contributed by atoms with E-state index in [9.17, 15) is 0 Å². The molecule has 1 nitrogen and oxygen atoms in total. The Morgan fingerprint density at radius 1 is 1.06 bits per heavy atom. The lowest BCUT2D eigenvalue weighted by molar-refractivity contribution is 0.795. The van der Waals surface area contributed by atoms with Gasteiger partial charge in [-0.1, -0.05) is 37.6 Å². The van der Waals surface area contributed by atoms with Crippen LogP contribution in [0.15, 0.2) is 42.5 Å². The molecule has 0 saturated heterocycles. The van der Waals surface area contributed by atoms with E-state index in [1.54, 1.807) is 0 Å². The van der Waals surface area contributed by atoms with Crippen LogP contribution in [-0.4, -0.2) is 4.98 Å². The number of hydrogen-bond acceptors (Lipinski definition) is 1. The van der Waals surface area contributed by atoms with Crippen molar-refractivity contribution < 1.29 is 0 Å². The molecule has 2 aromatic rings. The molecule has 0 aliphatic carbocycles. The first-order chi connectivity index (χ1) is 8.29. The molecule has 0 saturated carbocycles. The molecule has 0 N–H and O–H groups in total. The summed E-state index contributed by atoms with van der Waals surface area (Å²) in [5, 5.41) is 0. The van der Waals surface area contributed by atoms with Crippen molar-refractivity contribution >= 4 is 0 Å². The monoisotopic (exact) mass is 225 g/mol. The predicted octanol–water partition coefficient (Wildman–Crippen LogP) is 4.40. The molecule has 0 radical (unpaired) electrons.